The molecule has 1 aliphatic carbocycles. The van der Waals surface area contributed by atoms with Gasteiger partial charge >= 0.3 is 0 Å². The zero-order valence-electron chi connectivity index (χ0n) is 16.3. The predicted octanol–water partition coefficient (Wildman–Crippen LogP) is 6.79. The summed E-state index contributed by atoms with van der Waals surface area (Å²) in [6.07, 6.45) is 9.99. The first-order chi connectivity index (χ1) is 11.5. The standard InChI is InChI=1S/C23H35N/c1-7-8-9-10-19-14-18(5)23(22(15-19)24-6)21-13-17(4)11-12-20(21)16(2)3/h13-15,20-21,24H,2,7-12H2,1,3-6H3. The molecule has 1 N–H and O–H groups in total. The maximum Gasteiger partial charge on any atom is 0.0381 e. The lowest BCUT2D eigenvalue weighted by molar-refractivity contribution is 0.482. The maximum atomic E-state index is 4.28. The van der Waals surface area contributed by atoms with Gasteiger partial charge in [-0.1, -0.05) is 49.6 Å². The molecule has 1 heteroatoms. The molecule has 1 nitrogen and oxygen atoms in total. The fourth-order valence-corrected chi connectivity index (χ4v) is 4.15. The third kappa shape index (κ3) is 4.32. The summed E-state index contributed by atoms with van der Waals surface area (Å²) in [4.78, 5) is 0. The van der Waals surface area contributed by atoms with Crippen LogP contribution in [0.1, 0.15) is 75.5 Å². The van der Waals surface area contributed by atoms with Crippen molar-refractivity contribution in [3.8, 4) is 0 Å². The number of rotatable bonds is 7. The quantitative estimate of drug-likeness (QED) is 0.430. The maximum absolute atomic E-state index is 4.28. The lowest BCUT2D eigenvalue weighted by Gasteiger charge is -2.33. The Labute approximate surface area is 149 Å². The van der Waals surface area contributed by atoms with Gasteiger partial charge in [-0.25, -0.2) is 0 Å². The Morgan fingerprint density at radius 3 is 2.62 bits per heavy atom. The minimum Gasteiger partial charge on any atom is -0.388 e. The lowest BCUT2D eigenvalue weighted by atomic mass is 9.72. The van der Waals surface area contributed by atoms with Gasteiger partial charge in [0.15, 0.2) is 0 Å². The van der Waals surface area contributed by atoms with Gasteiger partial charge in [0, 0.05) is 18.7 Å². The van der Waals surface area contributed by atoms with Gasteiger partial charge in [-0.05, 0) is 75.1 Å². The van der Waals surface area contributed by atoms with Gasteiger partial charge in [0.1, 0.15) is 0 Å². The molecule has 132 valence electrons. The summed E-state index contributed by atoms with van der Waals surface area (Å²) in [5.41, 5.74) is 8.52. The molecular weight excluding hydrogens is 290 g/mol. The van der Waals surface area contributed by atoms with E-state index in [4.69, 9.17) is 0 Å². The highest BCUT2D eigenvalue weighted by molar-refractivity contribution is 5.60. The Balaban J connectivity index is 2.40. The summed E-state index contributed by atoms with van der Waals surface area (Å²) >= 11 is 0. The fraction of sp³-hybridized carbons (Fsp3) is 0.565. The van der Waals surface area contributed by atoms with Gasteiger partial charge in [0.05, 0.1) is 0 Å². The third-order valence-electron chi connectivity index (χ3n) is 5.50. The van der Waals surface area contributed by atoms with Crippen LogP contribution < -0.4 is 5.32 Å². The molecule has 0 spiro atoms. The Hall–Kier alpha value is -1.50. The summed E-state index contributed by atoms with van der Waals surface area (Å²) in [7, 11) is 2.06. The van der Waals surface area contributed by atoms with E-state index in [1.807, 2.05) is 0 Å². The molecule has 0 saturated heterocycles. The molecule has 0 amide bonds. The summed E-state index contributed by atoms with van der Waals surface area (Å²) < 4.78 is 0. The first-order valence-corrected chi connectivity index (χ1v) is 9.61. The zero-order chi connectivity index (χ0) is 17.7. The highest BCUT2D eigenvalue weighted by Crippen LogP contribution is 2.43. The van der Waals surface area contributed by atoms with Crippen LogP contribution in [0.3, 0.4) is 0 Å². The minimum atomic E-state index is 0.461. The first-order valence-electron chi connectivity index (χ1n) is 9.61. The van der Waals surface area contributed by atoms with Gasteiger partial charge in [0.2, 0.25) is 0 Å². The Kier molecular flexibility index (Phi) is 6.71. The number of hydrogen-bond acceptors (Lipinski definition) is 1. The summed E-state index contributed by atoms with van der Waals surface area (Å²) in [5, 5.41) is 3.48. The molecule has 2 unspecified atom stereocenters. The number of aryl methyl sites for hydroxylation is 2. The van der Waals surface area contributed by atoms with Crippen molar-refractivity contribution >= 4 is 5.69 Å². The summed E-state index contributed by atoms with van der Waals surface area (Å²) in [6.45, 7) is 13.3. The van der Waals surface area contributed by atoms with Crippen LogP contribution in [0.2, 0.25) is 0 Å². The first kappa shape index (κ1) is 18.8. The van der Waals surface area contributed by atoms with Crippen LogP contribution in [-0.2, 0) is 6.42 Å². The second-order valence-electron chi connectivity index (χ2n) is 7.61. The summed E-state index contributed by atoms with van der Waals surface area (Å²) in [6, 6.07) is 4.80. The van der Waals surface area contributed by atoms with Crippen molar-refractivity contribution in [1.29, 1.82) is 0 Å². The van der Waals surface area contributed by atoms with E-state index < -0.39 is 0 Å². The Morgan fingerprint density at radius 1 is 1.25 bits per heavy atom. The van der Waals surface area contributed by atoms with Gasteiger partial charge < -0.3 is 5.32 Å². The second kappa shape index (κ2) is 8.55. The van der Waals surface area contributed by atoms with E-state index >= 15 is 0 Å². The van der Waals surface area contributed by atoms with Gasteiger partial charge in [-0.3, -0.25) is 0 Å². The molecule has 0 bridgehead atoms. The van der Waals surface area contributed by atoms with E-state index in [1.165, 1.54) is 72.0 Å². The van der Waals surface area contributed by atoms with E-state index in [2.05, 4.69) is 64.8 Å². The molecule has 0 aromatic heterocycles. The lowest BCUT2D eigenvalue weighted by Crippen LogP contribution is -2.19. The monoisotopic (exact) mass is 325 g/mol. The molecule has 0 radical (unpaired) electrons. The van der Waals surface area contributed by atoms with Crippen LogP contribution in [0, 0.1) is 12.8 Å². The molecule has 2 rings (SSSR count). The molecular formula is C23H35N. The van der Waals surface area contributed by atoms with Crippen molar-refractivity contribution in [1.82, 2.24) is 0 Å². The number of allylic oxidation sites excluding steroid dienone is 3. The van der Waals surface area contributed by atoms with Crippen molar-refractivity contribution in [3.05, 3.63) is 52.6 Å². The minimum absolute atomic E-state index is 0.461. The molecule has 0 aliphatic heterocycles. The predicted molar refractivity (Wildman–Crippen MR) is 108 cm³/mol. The molecule has 2 atom stereocenters. The van der Waals surface area contributed by atoms with Gasteiger partial charge in [0.25, 0.3) is 0 Å². The summed E-state index contributed by atoms with van der Waals surface area (Å²) in [5.74, 6) is 1.02. The van der Waals surface area contributed by atoms with Gasteiger partial charge in [-0.15, -0.1) is 0 Å². The molecule has 24 heavy (non-hydrogen) atoms. The molecule has 1 aromatic carbocycles. The van der Waals surface area contributed by atoms with Crippen LogP contribution >= 0.6 is 0 Å². The zero-order valence-corrected chi connectivity index (χ0v) is 16.3. The van der Waals surface area contributed by atoms with E-state index in [0.717, 1.165) is 0 Å². The number of nitrogens with one attached hydrogen (secondary N) is 1. The third-order valence-corrected chi connectivity index (χ3v) is 5.50. The van der Waals surface area contributed by atoms with Crippen LogP contribution in [0.15, 0.2) is 35.9 Å². The van der Waals surface area contributed by atoms with Crippen molar-refractivity contribution in [3.63, 3.8) is 0 Å². The smallest absolute Gasteiger partial charge is 0.0381 e. The number of anilines is 1. The highest BCUT2D eigenvalue weighted by Gasteiger charge is 2.28. The Bertz CT molecular complexity index is 609. The van der Waals surface area contributed by atoms with E-state index in [1.54, 1.807) is 0 Å². The van der Waals surface area contributed by atoms with E-state index in [9.17, 15) is 0 Å². The second-order valence-corrected chi connectivity index (χ2v) is 7.61. The van der Waals surface area contributed by atoms with Crippen LogP contribution in [-0.4, -0.2) is 7.05 Å². The molecule has 1 aliphatic rings. The van der Waals surface area contributed by atoms with Crippen LogP contribution in [0.4, 0.5) is 5.69 Å². The van der Waals surface area contributed by atoms with Crippen molar-refractivity contribution < 1.29 is 0 Å². The Morgan fingerprint density at radius 2 is 2.00 bits per heavy atom. The SMILES string of the molecule is C=C(C)C1CCC(C)=CC1c1c(C)cc(CCCCC)cc1NC. The number of unbranched alkanes of at least 4 members (excludes halogenated alkanes) is 2. The average Bonchev–Trinajstić information content (AvgIpc) is 2.54. The van der Waals surface area contributed by atoms with Crippen molar-refractivity contribution in [2.24, 2.45) is 5.92 Å². The average molecular weight is 326 g/mol. The highest BCUT2D eigenvalue weighted by atomic mass is 14.8. The topological polar surface area (TPSA) is 12.0 Å². The largest absolute Gasteiger partial charge is 0.388 e. The van der Waals surface area contributed by atoms with Gasteiger partial charge in [-0.2, -0.15) is 0 Å². The van der Waals surface area contributed by atoms with Crippen LogP contribution in [0.5, 0.6) is 0 Å². The number of hydrogen-bond donors (Lipinski definition) is 1. The molecule has 0 fully saturated rings. The normalized spacial score (nSPS) is 20.6. The molecule has 1 aromatic rings. The fourth-order valence-electron chi connectivity index (χ4n) is 4.15. The number of benzene rings is 1. The van der Waals surface area contributed by atoms with Crippen LogP contribution in [0.25, 0.3) is 0 Å². The molecule has 0 heterocycles. The van der Waals surface area contributed by atoms with Crippen molar-refractivity contribution in [2.75, 3.05) is 12.4 Å². The van der Waals surface area contributed by atoms with E-state index in [-0.39, 0.29) is 0 Å². The molecule has 0 saturated carbocycles. The van der Waals surface area contributed by atoms with E-state index in [0.29, 0.717) is 11.8 Å². The van der Waals surface area contributed by atoms with Crippen molar-refractivity contribution in [2.45, 2.75) is 72.1 Å².